The van der Waals surface area contributed by atoms with Crippen LogP contribution in [0.2, 0.25) is 0 Å². The minimum Gasteiger partial charge on any atom is -0.491 e. The maximum atomic E-state index is 15.0. The minimum absolute atomic E-state index is 0.0321. The summed E-state index contributed by atoms with van der Waals surface area (Å²) in [5.41, 5.74) is 0.588. The first-order chi connectivity index (χ1) is 30.4. The molecule has 1 saturated heterocycles. The third kappa shape index (κ3) is 9.53. The van der Waals surface area contributed by atoms with Gasteiger partial charge in [-0.2, -0.15) is 0 Å². The lowest BCUT2D eigenvalue weighted by atomic mass is 9.77. The molecule has 3 saturated carbocycles. The SMILES string of the molecule is C=C[C@@H]1C[C@]1(CC(=O)[C@@H]1C[C@@H]2CN1C(=O)[C@H](C(C)(C)C)CC(=O)O[C@@H]1C[C@H]1CCCCCc1c(nc3ccccc3c1OCCN(C)c1ccccc1)O2)C(=O)NS(=O)(=O)C1(C)CC1. The fraction of sp³-hybridized carbons (Fsp3) is 0.580. The van der Waals surface area contributed by atoms with Gasteiger partial charge in [0.25, 0.3) is 0 Å². The first-order valence-electron chi connectivity index (χ1n) is 23.1. The topological polar surface area (TPSA) is 162 Å². The fourth-order valence-corrected chi connectivity index (χ4v) is 11.0. The molecule has 13 nitrogen and oxygen atoms in total. The van der Waals surface area contributed by atoms with Gasteiger partial charge in [-0.3, -0.25) is 23.9 Å². The molecule has 2 bridgehead atoms. The van der Waals surface area contributed by atoms with Crippen molar-refractivity contribution < 1.29 is 41.8 Å². The summed E-state index contributed by atoms with van der Waals surface area (Å²) < 4.78 is 47.3. The molecule has 1 N–H and O–H groups in total. The van der Waals surface area contributed by atoms with Crippen LogP contribution >= 0.6 is 0 Å². The standard InChI is InChI=1S/C50H64N4O9S/c1-7-33-29-50(33,47(58)52-64(59,60)49(5)22-23-49)30-41(55)40-27-35-31-54(40)46(57)38(48(2,3)4)28-43(56)63-42-26-32(42)16-10-8-13-20-37-44(36-19-14-15-21-39(36)51-45(37)62-35)61-25-24-53(6)34-17-11-9-12-18-34/h7,9,11-12,14-15,17-19,21,32-33,35,38,40,42H,1,8,10,13,16,20,22-31H2,2-6H3,(H,52,58)/t32-,33-,35-,38-,40+,42-,50-/m1/s1. The van der Waals surface area contributed by atoms with E-state index in [2.05, 4.69) is 28.3 Å². The number of carbonyl (C=O) groups excluding carboxylic acids is 4. The van der Waals surface area contributed by atoms with Crippen LogP contribution in [0.3, 0.4) is 0 Å². The summed E-state index contributed by atoms with van der Waals surface area (Å²) in [6, 6.07) is 16.9. The number of aromatic nitrogens is 1. The number of anilines is 1. The number of nitrogens with zero attached hydrogens (tertiary/aromatic N) is 3. The number of sulfonamides is 1. The maximum Gasteiger partial charge on any atom is 0.306 e. The van der Waals surface area contributed by atoms with E-state index in [1.807, 2.05) is 70.3 Å². The van der Waals surface area contributed by atoms with Crippen molar-refractivity contribution in [3.63, 3.8) is 0 Å². The second-order valence-electron chi connectivity index (χ2n) is 20.3. The summed E-state index contributed by atoms with van der Waals surface area (Å²) in [6.45, 7) is 12.2. The van der Waals surface area contributed by atoms with E-state index in [0.717, 1.165) is 48.7 Å². The Morgan fingerprint density at radius 1 is 1.03 bits per heavy atom. The van der Waals surface area contributed by atoms with Gasteiger partial charge in [0.15, 0.2) is 5.78 Å². The molecule has 3 aromatic rings. The molecule has 344 valence electrons. The number of para-hydroxylation sites is 2. The van der Waals surface area contributed by atoms with Crippen LogP contribution < -0.4 is 19.1 Å². The van der Waals surface area contributed by atoms with Crippen molar-refractivity contribution in [2.75, 3.05) is 31.6 Å². The van der Waals surface area contributed by atoms with Gasteiger partial charge >= 0.3 is 5.97 Å². The summed E-state index contributed by atoms with van der Waals surface area (Å²) >= 11 is 0. The lowest BCUT2D eigenvalue weighted by Crippen LogP contribution is -2.49. The average Bonchev–Trinajstić information content (AvgIpc) is 4.22. The molecule has 2 aromatic carbocycles. The van der Waals surface area contributed by atoms with Gasteiger partial charge in [-0.15, -0.1) is 6.58 Å². The highest BCUT2D eigenvalue weighted by molar-refractivity contribution is 7.91. The summed E-state index contributed by atoms with van der Waals surface area (Å²) in [4.78, 5) is 66.0. The highest BCUT2D eigenvalue weighted by Gasteiger charge is 2.62. The number of benzene rings is 2. The van der Waals surface area contributed by atoms with Crippen molar-refractivity contribution in [3.8, 4) is 11.6 Å². The van der Waals surface area contributed by atoms with E-state index in [0.29, 0.717) is 49.6 Å². The molecule has 4 fully saturated rings. The Kier molecular flexibility index (Phi) is 12.7. The number of fused-ring (bicyclic) bond motifs is 5. The quantitative estimate of drug-likeness (QED) is 0.143. The number of allylic oxidation sites excluding steroid dienone is 1. The van der Waals surface area contributed by atoms with Crippen LogP contribution in [0.1, 0.15) is 104 Å². The maximum absolute atomic E-state index is 15.0. The lowest BCUT2D eigenvalue weighted by Gasteiger charge is -2.34. The summed E-state index contributed by atoms with van der Waals surface area (Å²) in [6.07, 6.45) is 6.66. The number of ether oxygens (including phenoxy) is 3. The Hall–Kier alpha value is -4.98. The molecule has 7 atom stereocenters. The van der Waals surface area contributed by atoms with E-state index >= 15 is 0 Å². The third-order valence-electron chi connectivity index (χ3n) is 14.5. The molecule has 5 aliphatic rings. The molecular formula is C50H64N4O9S. The van der Waals surface area contributed by atoms with Gasteiger partial charge in [-0.25, -0.2) is 13.4 Å². The zero-order chi connectivity index (χ0) is 45.6. The van der Waals surface area contributed by atoms with Crippen molar-refractivity contribution in [1.82, 2.24) is 14.6 Å². The normalized spacial score (nSPS) is 28.0. The van der Waals surface area contributed by atoms with Gasteiger partial charge in [0.1, 0.15) is 24.6 Å². The number of rotatable bonds is 12. The number of hydrogen-bond acceptors (Lipinski definition) is 11. The monoisotopic (exact) mass is 896 g/mol. The van der Waals surface area contributed by atoms with Crippen molar-refractivity contribution in [2.45, 2.75) is 128 Å². The van der Waals surface area contributed by atoms with E-state index in [1.165, 1.54) is 4.90 Å². The van der Waals surface area contributed by atoms with Crippen LogP contribution in [-0.2, 0) is 40.4 Å². The number of hydrogen-bond donors (Lipinski definition) is 1. The Labute approximate surface area is 377 Å². The van der Waals surface area contributed by atoms with E-state index in [4.69, 9.17) is 19.2 Å². The number of amides is 2. The van der Waals surface area contributed by atoms with Crippen molar-refractivity contribution in [2.24, 2.45) is 28.6 Å². The first kappa shape index (κ1) is 45.6. The Balaban J connectivity index is 1.13. The molecule has 64 heavy (non-hydrogen) atoms. The Bertz CT molecular complexity index is 2400. The van der Waals surface area contributed by atoms with Crippen molar-refractivity contribution in [1.29, 1.82) is 0 Å². The molecule has 0 unspecified atom stereocenters. The highest BCUT2D eigenvalue weighted by Crippen LogP contribution is 2.57. The molecule has 1 aromatic heterocycles. The molecule has 0 radical (unpaired) electrons. The third-order valence-corrected chi connectivity index (χ3v) is 16.7. The van der Waals surface area contributed by atoms with Gasteiger partial charge in [0.05, 0.1) is 52.7 Å². The average molecular weight is 897 g/mol. The lowest BCUT2D eigenvalue weighted by molar-refractivity contribution is -0.154. The minimum atomic E-state index is -3.97. The number of Topliss-reactive ketones (excluding diaryl/α,β-unsaturated/α-hetero) is 1. The van der Waals surface area contributed by atoms with Crippen LogP contribution in [0, 0.1) is 28.6 Å². The van der Waals surface area contributed by atoms with Crippen LogP contribution in [-0.4, -0.2) is 91.6 Å². The Morgan fingerprint density at radius 3 is 2.47 bits per heavy atom. The van der Waals surface area contributed by atoms with Crippen LogP contribution in [0.25, 0.3) is 10.9 Å². The fourth-order valence-electron chi connectivity index (χ4n) is 9.68. The molecule has 2 aliphatic heterocycles. The number of pyridine rings is 1. The zero-order valence-corrected chi connectivity index (χ0v) is 38.8. The van der Waals surface area contributed by atoms with Crippen molar-refractivity contribution >= 4 is 50.2 Å². The largest absolute Gasteiger partial charge is 0.491 e. The summed E-state index contributed by atoms with van der Waals surface area (Å²) in [7, 11) is -1.94. The predicted octanol–water partition coefficient (Wildman–Crippen LogP) is 7.35. The molecular weight excluding hydrogens is 833 g/mol. The van der Waals surface area contributed by atoms with E-state index < -0.39 is 61.5 Å². The van der Waals surface area contributed by atoms with Crippen molar-refractivity contribution in [3.05, 3.63) is 72.8 Å². The number of likely N-dealkylation sites (N-methyl/N-ethyl adjacent to an activating group) is 1. The molecule has 14 heteroatoms. The zero-order valence-electron chi connectivity index (χ0n) is 38.0. The molecule has 3 heterocycles. The molecule has 3 aliphatic carbocycles. The van der Waals surface area contributed by atoms with Gasteiger partial charge < -0.3 is 24.0 Å². The summed E-state index contributed by atoms with van der Waals surface area (Å²) in [5, 5.41) is 0.865. The summed E-state index contributed by atoms with van der Waals surface area (Å²) in [5.74, 6) is -1.78. The van der Waals surface area contributed by atoms with Crippen LogP contribution in [0.15, 0.2) is 67.3 Å². The molecule has 2 amide bonds. The van der Waals surface area contributed by atoms with Crippen LogP contribution in [0.5, 0.6) is 11.6 Å². The molecule has 8 rings (SSSR count). The van der Waals surface area contributed by atoms with Gasteiger partial charge in [-0.05, 0) is 93.4 Å². The molecule has 0 spiro atoms. The smallest absolute Gasteiger partial charge is 0.306 e. The van der Waals surface area contributed by atoms with Gasteiger partial charge in [0.2, 0.25) is 27.7 Å². The Morgan fingerprint density at radius 2 is 1.77 bits per heavy atom. The second-order valence-corrected chi connectivity index (χ2v) is 22.5. The van der Waals surface area contributed by atoms with E-state index in [1.54, 1.807) is 13.0 Å². The predicted molar refractivity (Wildman–Crippen MR) is 244 cm³/mol. The number of ketones is 1. The number of nitrogens with one attached hydrogen (secondary N) is 1. The number of esters is 1. The van der Waals surface area contributed by atoms with Gasteiger partial charge in [-0.1, -0.05) is 70.0 Å². The number of carbonyl (C=O) groups is 4. The van der Waals surface area contributed by atoms with Gasteiger partial charge in [0, 0.05) is 31.0 Å². The van der Waals surface area contributed by atoms with E-state index in [9.17, 15) is 27.6 Å². The second kappa shape index (κ2) is 17.8. The highest BCUT2D eigenvalue weighted by atomic mass is 32.2. The van der Waals surface area contributed by atoms with Crippen LogP contribution in [0.4, 0.5) is 5.69 Å². The van der Waals surface area contributed by atoms with E-state index in [-0.39, 0.29) is 55.9 Å². The first-order valence-corrected chi connectivity index (χ1v) is 24.6.